The molecule has 0 amide bonds. The number of benzene rings is 1. The lowest BCUT2D eigenvalue weighted by molar-refractivity contribution is -0.132. The van der Waals surface area contributed by atoms with Gasteiger partial charge in [-0.3, -0.25) is 9.59 Å². The topological polar surface area (TPSA) is 101 Å². The summed E-state index contributed by atoms with van der Waals surface area (Å²) < 4.78 is 0. The van der Waals surface area contributed by atoms with E-state index < -0.39 is 11.6 Å². The molecule has 6 nitrogen and oxygen atoms in total. The van der Waals surface area contributed by atoms with Gasteiger partial charge in [0.2, 0.25) is 0 Å². The van der Waals surface area contributed by atoms with Crippen LogP contribution >= 0.6 is 0 Å². The van der Waals surface area contributed by atoms with Crippen molar-refractivity contribution in [1.82, 2.24) is 10.2 Å². The first-order valence-corrected chi connectivity index (χ1v) is 13.8. The first kappa shape index (κ1) is 30.2. The van der Waals surface area contributed by atoms with E-state index in [2.05, 4.69) is 61.8 Å². The maximum absolute atomic E-state index is 13.9. The Bertz CT molecular complexity index is 856. The van der Waals surface area contributed by atoms with Gasteiger partial charge < -0.3 is 21.7 Å². The van der Waals surface area contributed by atoms with Gasteiger partial charge in [0.1, 0.15) is 0 Å². The maximum atomic E-state index is 13.9. The quantitative estimate of drug-likeness (QED) is 0.289. The number of unbranched alkanes of at least 4 members (excludes halogenated alkanes) is 1. The lowest BCUT2D eigenvalue weighted by Gasteiger charge is -2.42. The number of hydrogen-bond acceptors (Lipinski definition) is 6. The van der Waals surface area contributed by atoms with Crippen molar-refractivity contribution in [2.24, 2.45) is 17.4 Å². The van der Waals surface area contributed by atoms with Gasteiger partial charge in [-0.25, -0.2) is 0 Å². The Kier molecular flexibility index (Phi) is 11.8. The van der Waals surface area contributed by atoms with Gasteiger partial charge in [0, 0.05) is 37.2 Å². The van der Waals surface area contributed by atoms with Crippen LogP contribution in [0.5, 0.6) is 0 Å². The zero-order valence-corrected chi connectivity index (χ0v) is 23.3. The highest BCUT2D eigenvalue weighted by Gasteiger charge is 2.47. The highest BCUT2D eigenvalue weighted by Crippen LogP contribution is 2.40. The Morgan fingerprint density at radius 3 is 2.33 bits per heavy atom. The highest BCUT2D eigenvalue weighted by atomic mass is 16.1. The average Bonchev–Trinajstić information content (AvgIpc) is 3.32. The fraction of sp³-hybridized carbons (Fsp3) is 0.667. The Balaban J connectivity index is 2.13. The van der Waals surface area contributed by atoms with Crippen molar-refractivity contribution in [3.63, 3.8) is 0 Å². The lowest BCUT2D eigenvalue weighted by atomic mass is 9.81. The fourth-order valence-electron chi connectivity index (χ4n) is 5.46. The first-order chi connectivity index (χ1) is 17.0. The molecule has 5 atom stereocenters. The van der Waals surface area contributed by atoms with Gasteiger partial charge in [0.15, 0.2) is 11.6 Å². The van der Waals surface area contributed by atoms with Crippen molar-refractivity contribution < 1.29 is 9.59 Å². The fourth-order valence-corrected chi connectivity index (χ4v) is 5.46. The maximum Gasteiger partial charge on any atom is 0.158 e. The molecule has 0 spiro atoms. The molecule has 1 fully saturated rings. The number of hydrogen-bond donors (Lipinski definition) is 3. The molecule has 1 aromatic carbocycles. The predicted molar refractivity (Wildman–Crippen MR) is 150 cm³/mol. The van der Waals surface area contributed by atoms with Crippen LogP contribution in [0, 0.1) is 5.92 Å². The Labute approximate surface area is 219 Å². The summed E-state index contributed by atoms with van der Waals surface area (Å²) in [5, 5.41) is 3.03. The van der Waals surface area contributed by atoms with Gasteiger partial charge >= 0.3 is 0 Å². The van der Waals surface area contributed by atoms with Crippen molar-refractivity contribution in [3.05, 3.63) is 48.2 Å². The molecule has 1 saturated heterocycles. The van der Waals surface area contributed by atoms with E-state index in [1.807, 2.05) is 13.0 Å². The minimum absolute atomic E-state index is 0.0701. The number of rotatable bonds is 16. The van der Waals surface area contributed by atoms with Crippen LogP contribution in [0.3, 0.4) is 0 Å². The van der Waals surface area contributed by atoms with E-state index in [9.17, 15) is 9.59 Å². The van der Waals surface area contributed by atoms with E-state index in [1.54, 1.807) is 7.05 Å². The zero-order chi connectivity index (χ0) is 26.9. The molecule has 1 aliphatic heterocycles. The minimum Gasteiger partial charge on any atom is -0.361 e. The van der Waals surface area contributed by atoms with Gasteiger partial charge in [-0.2, -0.15) is 0 Å². The number of nitrogens with zero attached hydrogens (tertiary/aromatic N) is 1. The smallest absolute Gasteiger partial charge is 0.158 e. The summed E-state index contributed by atoms with van der Waals surface area (Å²) in [4.78, 5) is 28.7. The third-order valence-corrected chi connectivity index (χ3v) is 8.27. The molecule has 6 heteroatoms. The van der Waals surface area contributed by atoms with Crippen LogP contribution in [0.2, 0.25) is 0 Å². The molecule has 1 aromatic rings. The summed E-state index contributed by atoms with van der Waals surface area (Å²) >= 11 is 0. The Morgan fingerprint density at radius 1 is 1.06 bits per heavy atom. The first-order valence-electron chi connectivity index (χ1n) is 13.8. The summed E-state index contributed by atoms with van der Waals surface area (Å²) in [6.07, 6.45) is 5.95. The van der Waals surface area contributed by atoms with Crippen LogP contribution in [0.4, 0.5) is 0 Å². The van der Waals surface area contributed by atoms with Crippen LogP contribution in [-0.2, 0) is 9.59 Å². The van der Waals surface area contributed by atoms with Gasteiger partial charge in [-0.15, -0.1) is 0 Å². The third-order valence-electron chi connectivity index (χ3n) is 8.27. The molecule has 0 saturated carbocycles. The summed E-state index contributed by atoms with van der Waals surface area (Å²) in [6.45, 7) is 13.5. The zero-order valence-electron chi connectivity index (χ0n) is 23.3. The highest BCUT2D eigenvalue weighted by molar-refractivity contribution is 5.94. The molecule has 5 N–H and O–H groups in total. The third kappa shape index (κ3) is 7.50. The minimum atomic E-state index is -0.626. The molecular formula is C30H50N4O2. The van der Waals surface area contributed by atoms with E-state index in [0.29, 0.717) is 5.92 Å². The van der Waals surface area contributed by atoms with Crippen molar-refractivity contribution in [2.75, 3.05) is 13.6 Å². The van der Waals surface area contributed by atoms with Crippen LogP contribution in [0.15, 0.2) is 42.6 Å². The van der Waals surface area contributed by atoms with Crippen LogP contribution in [0.1, 0.15) is 90.5 Å². The number of Topliss-reactive ketones (excluding diaryl/α,β-unsaturated/α-hetero) is 2. The van der Waals surface area contributed by atoms with Crippen molar-refractivity contribution in [3.8, 4) is 0 Å². The van der Waals surface area contributed by atoms with Crippen molar-refractivity contribution >= 4 is 11.6 Å². The number of carbonyl (C=O) groups excluding carboxylic acids is 2. The van der Waals surface area contributed by atoms with Crippen molar-refractivity contribution in [2.45, 2.75) is 109 Å². The molecule has 202 valence electrons. The second-order valence-electron chi connectivity index (χ2n) is 11.1. The van der Waals surface area contributed by atoms with Gasteiger partial charge in [-0.05, 0) is 57.1 Å². The van der Waals surface area contributed by atoms with Crippen LogP contribution < -0.4 is 16.8 Å². The van der Waals surface area contributed by atoms with E-state index in [0.717, 1.165) is 50.8 Å². The molecule has 1 heterocycles. The summed E-state index contributed by atoms with van der Waals surface area (Å²) in [6, 6.07) is 9.66. The molecule has 1 aliphatic rings. The number of likely N-dealkylation sites (tertiary alicyclic amines) is 1. The number of ketones is 2. The molecule has 5 unspecified atom stereocenters. The van der Waals surface area contributed by atoms with Crippen LogP contribution in [-0.4, -0.2) is 53.7 Å². The molecule has 36 heavy (non-hydrogen) atoms. The lowest BCUT2D eigenvalue weighted by Crippen LogP contribution is -2.53. The largest absolute Gasteiger partial charge is 0.361 e. The van der Waals surface area contributed by atoms with E-state index in [-0.39, 0.29) is 42.4 Å². The van der Waals surface area contributed by atoms with Crippen LogP contribution in [0.25, 0.3) is 0 Å². The number of carbonyl (C=O) groups is 2. The monoisotopic (exact) mass is 498 g/mol. The molecule has 0 bridgehead atoms. The summed E-state index contributed by atoms with van der Waals surface area (Å²) in [5.74, 6) is 0.778. The van der Waals surface area contributed by atoms with Gasteiger partial charge in [-0.1, -0.05) is 70.5 Å². The number of nitrogens with two attached hydrogens (primary N) is 2. The molecular weight excluding hydrogens is 448 g/mol. The molecule has 0 aromatic heterocycles. The molecule has 0 aliphatic carbocycles. The van der Waals surface area contributed by atoms with E-state index in [4.69, 9.17) is 11.5 Å². The summed E-state index contributed by atoms with van der Waals surface area (Å²) in [5.41, 5.74) is 14.2. The van der Waals surface area contributed by atoms with E-state index >= 15 is 0 Å². The van der Waals surface area contributed by atoms with E-state index in [1.165, 1.54) is 5.56 Å². The Morgan fingerprint density at radius 2 is 1.72 bits per heavy atom. The number of likely N-dealkylation sites (N-methyl/N-ethyl adjacent to an activating group) is 1. The van der Waals surface area contributed by atoms with Gasteiger partial charge in [0.25, 0.3) is 0 Å². The second kappa shape index (κ2) is 14.1. The molecule has 0 radical (unpaired) electrons. The second-order valence-corrected chi connectivity index (χ2v) is 11.1. The number of nitrogens with one attached hydrogen (secondary N) is 1. The average molecular weight is 499 g/mol. The SMILES string of the molecule is C=C(C(N)C(C)C)N1CCCC1(CCCCC(C)c1ccccc1)C(=O)CCC(=O)C(N)C(C)NC. The van der Waals surface area contributed by atoms with Gasteiger partial charge in [0.05, 0.1) is 11.6 Å². The normalized spacial score (nSPS) is 21.3. The summed E-state index contributed by atoms with van der Waals surface area (Å²) in [7, 11) is 1.79. The molecule has 2 rings (SSSR count). The Hall–Kier alpha value is -2.02. The predicted octanol–water partition coefficient (Wildman–Crippen LogP) is 4.54. The standard InChI is InChI=1S/C30H50N4O2/c1-21(2)28(31)24(5)34-20-12-19-30(34,27(36)17-16-26(35)29(32)23(4)33-6)18-11-10-13-22(3)25-14-8-7-9-15-25/h7-9,14-15,21-23,28-29,33H,5,10-13,16-20,31-32H2,1-4,6H3. The van der Waals surface area contributed by atoms with Crippen molar-refractivity contribution in [1.29, 1.82) is 0 Å².